The SMILES string of the molecule is CCNC(CN(CCOCC)CCOCC)C(C)(C)C. The molecule has 1 N–H and O–H groups in total. The zero-order valence-electron chi connectivity index (χ0n) is 14.5. The smallest absolute Gasteiger partial charge is 0.0593 e. The van der Waals surface area contributed by atoms with Gasteiger partial charge in [-0.05, 0) is 25.8 Å². The van der Waals surface area contributed by atoms with E-state index in [1.807, 2.05) is 13.8 Å². The van der Waals surface area contributed by atoms with Crippen molar-refractivity contribution in [1.29, 1.82) is 0 Å². The summed E-state index contributed by atoms with van der Waals surface area (Å²) in [6, 6.07) is 0.482. The Morgan fingerprint density at radius 3 is 1.80 bits per heavy atom. The number of hydrogen-bond acceptors (Lipinski definition) is 4. The van der Waals surface area contributed by atoms with Crippen molar-refractivity contribution in [2.45, 2.75) is 47.6 Å². The average Bonchev–Trinajstić information content (AvgIpc) is 2.37. The second-order valence-corrected chi connectivity index (χ2v) is 6.17. The Hall–Kier alpha value is -0.160. The average molecular weight is 288 g/mol. The molecule has 0 aliphatic heterocycles. The van der Waals surface area contributed by atoms with Gasteiger partial charge in [-0.3, -0.25) is 4.90 Å². The Balaban J connectivity index is 4.39. The summed E-state index contributed by atoms with van der Waals surface area (Å²) in [5.74, 6) is 0. The third-order valence-electron chi connectivity index (χ3n) is 3.45. The van der Waals surface area contributed by atoms with E-state index in [1.54, 1.807) is 0 Å². The number of rotatable bonds is 12. The van der Waals surface area contributed by atoms with Crippen molar-refractivity contribution < 1.29 is 9.47 Å². The molecule has 0 aliphatic rings. The number of nitrogens with one attached hydrogen (secondary N) is 1. The predicted octanol–water partition coefficient (Wildman–Crippen LogP) is 2.39. The third-order valence-corrected chi connectivity index (χ3v) is 3.45. The van der Waals surface area contributed by atoms with E-state index in [9.17, 15) is 0 Å². The summed E-state index contributed by atoms with van der Waals surface area (Å²) in [5.41, 5.74) is 0.255. The van der Waals surface area contributed by atoms with Crippen LogP contribution in [-0.4, -0.2) is 63.5 Å². The lowest BCUT2D eigenvalue weighted by molar-refractivity contribution is 0.0696. The molecule has 0 bridgehead atoms. The lowest BCUT2D eigenvalue weighted by atomic mass is 9.86. The molecule has 0 spiro atoms. The molecule has 1 atom stereocenters. The van der Waals surface area contributed by atoms with E-state index < -0.39 is 0 Å². The molecule has 0 radical (unpaired) electrons. The Labute approximate surface area is 126 Å². The van der Waals surface area contributed by atoms with Gasteiger partial charge in [0.05, 0.1) is 13.2 Å². The molecule has 20 heavy (non-hydrogen) atoms. The minimum atomic E-state index is 0.255. The molecule has 0 heterocycles. The zero-order chi connectivity index (χ0) is 15.4. The molecule has 4 heteroatoms. The number of ether oxygens (including phenoxy) is 2. The summed E-state index contributed by atoms with van der Waals surface area (Å²) in [6.07, 6.45) is 0. The maximum atomic E-state index is 5.49. The molecular weight excluding hydrogens is 252 g/mol. The quantitative estimate of drug-likeness (QED) is 0.559. The Morgan fingerprint density at radius 1 is 0.950 bits per heavy atom. The maximum absolute atomic E-state index is 5.49. The van der Waals surface area contributed by atoms with Gasteiger partial charge in [0.15, 0.2) is 0 Å². The lowest BCUT2D eigenvalue weighted by Crippen LogP contribution is -2.49. The number of nitrogens with zero attached hydrogens (tertiary/aromatic N) is 1. The molecule has 4 nitrogen and oxygen atoms in total. The van der Waals surface area contributed by atoms with Gasteiger partial charge in [-0.1, -0.05) is 27.7 Å². The monoisotopic (exact) mass is 288 g/mol. The van der Waals surface area contributed by atoms with Gasteiger partial charge in [0.2, 0.25) is 0 Å². The van der Waals surface area contributed by atoms with Crippen LogP contribution < -0.4 is 5.32 Å². The number of likely N-dealkylation sites (N-methyl/N-ethyl adjacent to an activating group) is 1. The fourth-order valence-corrected chi connectivity index (χ4v) is 2.12. The van der Waals surface area contributed by atoms with Gasteiger partial charge in [-0.2, -0.15) is 0 Å². The van der Waals surface area contributed by atoms with E-state index in [1.165, 1.54) is 0 Å². The van der Waals surface area contributed by atoms with Crippen LogP contribution in [0.3, 0.4) is 0 Å². The molecule has 0 saturated heterocycles. The van der Waals surface area contributed by atoms with Crippen LogP contribution >= 0.6 is 0 Å². The molecule has 0 aromatic heterocycles. The van der Waals surface area contributed by atoms with Crippen LogP contribution in [0.5, 0.6) is 0 Å². The van der Waals surface area contributed by atoms with Crippen LogP contribution in [0.2, 0.25) is 0 Å². The van der Waals surface area contributed by atoms with E-state index in [-0.39, 0.29) is 5.41 Å². The predicted molar refractivity (Wildman–Crippen MR) is 86.3 cm³/mol. The zero-order valence-corrected chi connectivity index (χ0v) is 14.5. The topological polar surface area (TPSA) is 33.7 Å². The summed E-state index contributed by atoms with van der Waals surface area (Å²) in [7, 11) is 0. The van der Waals surface area contributed by atoms with Crippen molar-refractivity contribution in [3.63, 3.8) is 0 Å². The molecule has 0 saturated carbocycles. The minimum absolute atomic E-state index is 0.255. The van der Waals surface area contributed by atoms with Crippen LogP contribution in [0.25, 0.3) is 0 Å². The van der Waals surface area contributed by atoms with Gasteiger partial charge in [0, 0.05) is 38.9 Å². The van der Waals surface area contributed by atoms with Crippen molar-refractivity contribution >= 4 is 0 Å². The normalized spacial score (nSPS) is 13.9. The van der Waals surface area contributed by atoms with Gasteiger partial charge >= 0.3 is 0 Å². The van der Waals surface area contributed by atoms with Crippen LogP contribution in [0.15, 0.2) is 0 Å². The van der Waals surface area contributed by atoms with Gasteiger partial charge < -0.3 is 14.8 Å². The molecule has 0 aromatic carbocycles. The molecule has 122 valence electrons. The first-order valence-electron chi connectivity index (χ1n) is 8.06. The van der Waals surface area contributed by atoms with E-state index in [4.69, 9.17) is 9.47 Å². The highest BCUT2D eigenvalue weighted by Crippen LogP contribution is 2.20. The lowest BCUT2D eigenvalue weighted by Gasteiger charge is -2.36. The Kier molecular flexibility index (Phi) is 11.4. The summed E-state index contributed by atoms with van der Waals surface area (Å²) in [6.45, 7) is 20.3. The van der Waals surface area contributed by atoms with Gasteiger partial charge in [-0.15, -0.1) is 0 Å². The first-order chi connectivity index (χ1) is 9.45. The molecule has 0 aromatic rings. The molecule has 0 fully saturated rings. The molecule has 0 amide bonds. The second kappa shape index (κ2) is 11.5. The summed E-state index contributed by atoms with van der Waals surface area (Å²) < 4.78 is 11.0. The maximum Gasteiger partial charge on any atom is 0.0593 e. The van der Waals surface area contributed by atoms with E-state index in [2.05, 4.69) is 37.9 Å². The van der Waals surface area contributed by atoms with Crippen molar-refractivity contribution in [3.8, 4) is 0 Å². The first kappa shape index (κ1) is 19.8. The highest BCUT2D eigenvalue weighted by molar-refractivity contribution is 4.83. The van der Waals surface area contributed by atoms with Gasteiger partial charge in [0.25, 0.3) is 0 Å². The fourth-order valence-electron chi connectivity index (χ4n) is 2.12. The van der Waals surface area contributed by atoms with Crippen molar-refractivity contribution in [2.24, 2.45) is 5.41 Å². The van der Waals surface area contributed by atoms with Crippen LogP contribution in [0, 0.1) is 5.41 Å². The molecule has 0 aliphatic carbocycles. The second-order valence-electron chi connectivity index (χ2n) is 6.17. The van der Waals surface area contributed by atoms with E-state index >= 15 is 0 Å². The Bertz CT molecular complexity index is 207. The summed E-state index contributed by atoms with van der Waals surface area (Å²) in [4.78, 5) is 2.45. The third kappa shape index (κ3) is 9.70. The standard InChI is InChI=1S/C16H36N2O2/c1-7-17-15(16(4,5)6)14-18(10-12-19-8-2)11-13-20-9-3/h15,17H,7-14H2,1-6H3. The van der Waals surface area contributed by atoms with Crippen LogP contribution in [-0.2, 0) is 9.47 Å². The molecular formula is C16H36N2O2. The highest BCUT2D eigenvalue weighted by Gasteiger charge is 2.25. The van der Waals surface area contributed by atoms with Gasteiger partial charge in [-0.25, -0.2) is 0 Å². The fraction of sp³-hybridized carbons (Fsp3) is 1.00. The summed E-state index contributed by atoms with van der Waals surface area (Å²) in [5, 5.41) is 3.61. The highest BCUT2D eigenvalue weighted by atomic mass is 16.5. The summed E-state index contributed by atoms with van der Waals surface area (Å²) >= 11 is 0. The number of hydrogen-bond donors (Lipinski definition) is 1. The van der Waals surface area contributed by atoms with Crippen molar-refractivity contribution in [2.75, 3.05) is 52.6 Å². The largest absolute Gasteiger partial charge is 0.380 e. The Morgan fingerprint density at radius 2 is 1.45 bits per heavy atom. The van der Waals surface area contributed by atoms with E-state index in [0.717, 1.165) is 52.6 Å². The van der Waals surface area contributed by atoms with Crippen molar-refractivity contribution in [1.82, 2.24) is 10.2 Å². The first-order valence-corrected chi connectivity index (χ1v) is 8.06. The molecule has 1 unspecified atom stereocenters. The van der Waals surface area contributed by atoms with Crippen LogP contribution in [0.4, 0.5) is 0 Å². The minimum Gasteiger partial charge on any atom is -0.380 e. The van der Waals surface area contributed by atoms with Crippen molar-refractivity contribution in [3.05, 3.63) is 0 Å². The van der Waals surface area contributed by atoms with Crippen LogP contribution in [0.1, 0.15) is 41.5 Å². The van der Waals surface area contributed by atoms with Gasteiger partial charge in [0.1, 0.15) is 0 Å². The van der Waals surface area contributed by atoms with E-state index in [0.29, 0.717) is 6.04 Å². The molecule has 0 rings (SSSR count).